The van der Waals surface area contributed by atoms with Gasteiger partial charge < -0.3 is 0 Å². The van der Waals surface area contributed by atoms with Crippen molar-refractivity contribution in [2.75, 3.05) is 7.05 Å². The van der Waals surface area contributed by atoms with E-state index in [0.29, 0.717) is 5.56 Å². The standard InChI is InChI=1S/C16H16F3NO2S/c1-12-3-9-15(10-4-12)23(21,22)20(2)11-13-5-7-14(8-6-13)16(17,18)19/h3-10H,11H2,1-2H3. The summed E-state index contributed by atoms with van der Waals surface area (Å²) in [5.41, 5.74) is 0.663. The molecule has 0 amide bonds. The van der Waals surface area contributed by atoms with Crippen LogP contribution in [0.3, 0.4) is 0 Å². The number of halogens is 3. The first-order valence-corrected chi connectivity index (χ1v) is 8.24. The van der Waals surface area contributed by atoms with Gasteiger partial charge in [0.2, 0.25) is 10.0 Å². The molecular formula is C16H16F3NO2S. The van der Waals surface area contributed by atoms with Gasteiger partial charge in [0.1, 0.15) is 0 Å². The molecule has 0 heterocycles. The molecule has 0 aliphatic heterocycles. The van der Waals surface area contributed by atoms with Gasteiger partial charge in [-0.25, -0.2) is 8.42 Å². The van der Waals surface area contributed by atoms with Gasteiger partial charge in [-0.1, -0.05) is 29.8 Å². The van der Waals surface area contributed by atoms with E-state index in [1.165, 1.54) is 31.3 Å². The second-order valence-electron chi connectivity index (χ2n) is 5.27. The highest BCUT2D eigenvalue weighted by molar-refractivity contribution is 7.89. The summed E-state index contributed by atoms with van der Waals surface area (Å²) < 4.78 is 63.5. The molecule has 0 unspecified atom stereocenters. The smallest absolute Gasteiger partial charge is 0.207 e. The molecule has 7 heteroatoms. The molecule has 0 spiro atoms. The third-order valence-electron chi connectivity index (χ3n) is 3.42. The van der Waals surface area contributed by atoms with Gasteiger partial charge in [0, 0.05) is 13.6 Å². The van der Waals surface area contributed by atoms with E-state index < -0.39 is 21.8 Å². The van der Waals surface area contributed by atoms with Crippen LogP contribution in [-0.2, 0) is 22.7 Å². The van der Waals surface area contributed by atoms with Crippen molar-refractivity contribution in [3.63, 3.8) is 0 Å². The summed E-state index contributed by atoms with van der Waals surface area (Å²) in [4.78, 5) is 0.150. The molecular weight excluding hydrogens is 327 g/mol. The van der Waals surface area contributed by atoms with E-state index in [1.54, 1.807) is 12.1 Å². The summed E-state index contributed by atoms with van der Waals surface area (Å²) >= 11 is 0. The first-order chi connectivity index (χ1) is 10.6. The largest absolute Gasteiger partial charge is 0.416 e. The van der Waals surface area contributed by atoms with Crippen molar-refractivity contribution >= 4 is 10.0 Å². The van der Waals surface area contributed by atoms with Gasteiger partial charge in [-0.2, -0.15) is 17.5 Å². The lowest BCUT2D eigenvalue weighted by atomic mass is 10.1. The van der Waals surface area contributed by atoms with E-state index in [1.807, 2.05) is 6.92 Å². The summed E-state index contributed by atoms with van der Waals surface area (Å²) in [6.45, 7) is 1.84. The fraction of sp³-hybridized carbons (Fsp3) is 0.250. The Hall–Kier alpha value is -1.86. The third-order valence-corrected chi connectivity index (χ3v) is 5.23. The molecule has 3 nitrogen and oxygen atoms in total. The van der Waals surface area contributed by atoms with Gasteiger partial charge in [0.05, 0.1) is 10.5 Å². The molecule has 2 aromatic carbocycles. The minimum absolute atomic E-state index is 0.00561. The van der Waals surface area contributed by atoms with Crippen LogP contribution in [0.4, 0.5) is 13.2 Å². The van der Waals surface area contributed by atoms with Crippen LogP contribution in [0.2, 0.25) is 0 Å². The third kappa shape index (κ3) is 4.11. The van der Waals surface area contributed by atoms with Crippen molar-refractivity contribution in [2.24, 2.45) is 0 Å². The van der Waals surface area contributed by atoms with Gasteiger partial charge in [0.25, 0.3) is 0 Å². The van der Waals surface area contributed by atoms with E-state index in [0.717, 1.165) is 22.0 Å². The maximum Gasteiger partial charge on any atom is 0.416 e. The van der Waals surface area contributed by atoms with E-state index in [4.69, 9.17) is 0 Å². The van der Waals surface area contributed by atoms with E-state index in [-0.39, 0.29) is 11.4 Å². The lowest BCUT2D eigenvalue weighted by Gasteiger charge is -2.18. The van der Waals surface area contributed by atoms with E-state index in [2.05, 4.69) is 0 Å². The van der Waals surface area contributed by atoms with Crippen molar-refractivity contribution in [3.05, 3.63) is 65.2 Å². The highest BCUT2D eigenvalue weighted by Crippen LogP contribution is 2.29. The van der Waals surface area contributed by atoms with Gasteiger partial charge >= 0.3 is 6.18 Å². The molecule has 0 atom stereocenters. The van der Waals surface area contributed by atoms with Gasteiger partial charge in [-0.15, -0.1) is 0 Å². The van der Waals surface area contributed by atoms with Gasteiger partial charge in [-0.3, -0.25) is 0 Å². The highest BCUT2D eigenvalue weighted by atomic mass is 32.2. The van der Waals surface area contributed by atoms with Crippen LogP contribution in [0.25, 0.3) is 0 Å². The number of alkyl halides is 3. The number of benzene rings is 2. The summed E-state index contributed by atoms with van der Waals surface area (Å²) in [6, 6.07) is 10.9. The molecule has 0 N–H and O–H groups in total. The number of sulfonamides is 1. The highest BCUT2D eigenvalue weighted by Gasteiger charge is 2.30. The van der Waals surface area contributed by atoms with E-state index in [9.17, 15) is 21.6 Å². The van der Waals surface area contributed by atoms with Crippen molar-refractivity contribution in [1.82, 2.24) is 4.31 Å². The predicted octanol–water partition coefficient (Wildman–Crippen LogP) is 3.83. The SMILES string of the molecule is Cc1ccc(S(=O)(=O)N(C)Cc2ccc(C(F)(F)F)cc2)cc1. The van der Waals surface area contributed by atoms with Gasteiger partial charge in [0.15, 0.2) is 0 Å². The van der Waals surface area contributed by atoms with E-state index >= 15 is 0 Å². The Morgan fingerprint density at radius 1 is 0.957 bits per heavy atom. The molecule has 0 aromatic heterocycles. The molecule has 0 saturated heterocycles. The molecule has 0 saturated carbocycles. The molecule has 2 rings (SSSR count). The molecule has 23 heavy (non-hydrogen) atoms. The van der Waals surface area contributed by atoms with Gasteiger partial charge in [-0.05, 0) is 36.8 Å². The van der Waals surface area contributed by atoms with Crippen molar-refractivity contribution in [2.45, 2.75) is 24.5 Å². The molecule has 0 aliphatic carbocycles. The average molecular weight is 343 g/mol. The second-order valence-corrected chi connectivity index (χ2v) is 7.31. The zero-order valence-electron chi connectivity index (χ0n) is 12.6. The Morgan fingerprint density at radius 2 is 1.48 bits per heavy atom. The van der Waals surface area contributed by atoms with Crippen LogP contribution in [-0.4, -0.2) is 19.8 Å². The minimum atomic E-state index is -4.40. The Morgan fingerprint density at radius 3 is 1.96 bits per heavy atom. The normalized spacial score (nSPS) is 12.6. The summed E-state index contributed by atoms with van der Waals surface area (Å²) in [5, 5.41) is 0. The van der Waals surface area contributed by atoms with Crippen LogP contribution < -0.4 is 0 Å². The maximum atomic E-state index is 12.5. The molecule has 0 aliphatic rings. The number of rotatable bonds is 4. The number of nitrogens with zero attached hydrogens (tertiary/aromatic N) is 1. The zero-order chi connectivity index (χ0) is 17.3. The van der Waals surface area contributed by atoms with Crippen LogP contribution in [0.5, 0.6) is 0 Å². The Balaban J connectivity index is 2.18. The van der Waals surface area contributed by atoms with Crippen molar-refractivity contribution < 1.29 is 21.6 Å². The lowest BCUT2D eigenvalue weighted by Crippen LogP contribution is -2.26. The maximum absolute atomic E-state index is 12.5. The Bertz CT molecular complexity index is 766. The Kier molecular flexibility index (Phi) is 4.81. The fourth-order valence-corrected chi connectivity index (χ4v) is 3.19. The molecule has 124 valence electrons. The average Bonchev–Trinajstić information content (AvgIpc) is 2.47. The Labute approximate surface area is 133 Å². The number of hydrogen-bond donors (Lipinski definition) is 0. The quantitative estimate of drug-likeness (QED) is 0.846. The van der Waals surface area contributed by atoms with Crippen LogP contribution in [0.1, 0.15) is 16.7 Å². The summed E-state index contributed by atoms with van der Waals surface area (Å²) in [6.07, 6.45) is -4.40. The minimum Gasteiger partial charge on any atom is -0.207 e. The van der Waals surface area contributed by atoms with Crippen LogP contribution in [0.15, 0.2) is 53.4 Å². The number of hydrogen-bond acceptors (Lipinski definition) is 2. The number of aryl methyl sites for hydroxylation is 1. The molecule has 0 radical (unpaired) electrons. The van der Waals surface area contributed by atoms with Crippen LogP contribution in [0, 0.1) is 6.92 Å². The zero-order valence-corrected chi connectivity index (χ0v) is 13.4. The first-order valence-electron chi connectivity index (χ1n) is 6.80. The summed E-state index contributed by atoms with van der Waals surface area (Å²) in [7, 11) is -2.29. The van der Waals surface area contributed by atoms with Crippen molar-refractivity contribution in [1.29, 1.82) is 0 Å². The molecule has 2 aromatic rings. The van der Waals surface area contributed by atoms with Crippen LogP contribution >= 0.6 is 0 Å². The monoisotopic (exact) mass is 343 g/mol. The fourth-order valence-electron chi connectivity index (χ4n) is 2.03. The molecule has 0 fully saturated rings. The first kappa shape index (κ1) is 17.5. The second kappa shape index (κ2) is 6.33. The lowest BCUT2D eigenvalue weighted by molar-refractivity contribution is -0.137. The van der Waals surface area contributed by atoms with Crippen molar-refractivity contribution in [3.8, 4) is 0 Å². The summed E-state index contributed by atoms with van der Waals surface area (Å²) in [5.74, 6) is 0. The predicted molar refractivity (Wildman–Crippen MR) is 81.3 cm³/mol. The molecule has 0 bridgehead atoms. The topological polar surface area (TPSA) is 37.4 Å².